The third kappa shape index (κ3) is 4.11. The van der Waals surface area contributed by atoms with Gasteiger partial charge < -0.3 is 14.3 Å². The van der Waals surface area contributed by atoms with E-state index in [1.807, 2.05) is 12.1 Å². The molecule has 1 N–H and O–H groups in total. The topological polar surface area (TPSA) is 45.8 Å². The number of halogens is 1. The van der Waals surface area contributed by atoms with Crippen LogP contribution in [0.4, 0.5) is 4.39 Å². The number of ether oxygens (including phenoxy) is 1. The van der Waals surface area contributed by atoms with Gasteiger partial charge in [-0.2, -0.15) is 0 Å². The molecule has 5 heteroatoms. The molecular formula is C20H26FNO3. The van der Waals surface area contributed by atoms with E-state index in [-0.39, 0.29) is 11.7 Å². The number of likely N-dealkylation sites (tertiary alicyclic amines) is 1. The zero-order valence-corrected chi connectivity index (χ0v) is 14.9. The van der Waals surface area contributed by atoms with Gasteiger partial charge in [-0.05, 0) is 43.0 Å². The Morgan fingerprint density at radius 1 is 1.32 bits per heavy atom. The lowest BCUT2D eigenvalue weighted by molar-refractivity contribution is -0.0835. The van der Waals surface area contributed by atoms with E-state index in [2.05, 4.69) is 11.8 Å². The first kappa shape index (κ1) is 18.1. The smallest absolute Gasteiger partial charge is 0.137 e. The molecule has 2 heterocycles. The van der Waals surface area contributed by atoms with Gasteiger partial charge in [0.15, 0.2) is 0 Å². The molecule has 4 nitrogen and oxygen atoms in total. The van der Waals surface area contributed by atoms with E-state index in [4.69, 9.17) is 9.15 Å². The van der Waals surface area contributed by atoms with Crippen molar-refractivity contribution in [3.63, 3.8) is 0 Å². The molecule has 0 amide bonds. The van der Waals surface area contributed by atoms with Gasteiger partial charge in [0.05, 0.1) is 17.7 Å². The van der Waals surface area contributed by atoms with Gasteiger partial charge in [-0.25, -0.2) is 4.39 Å². The van der Waals surface area contributed by atoms with Crippen LogP contribution in [0.2, 0.25) is 0 Å². The predicted molar refractivity (Wildman–Crippen MR) is 94.6 cm³/mol. The van der Waals surface area contributed by atoms with E-state index in [1.165, 1.54) is 6.07 Å². The summed E-state index contributed by atoms with van der Waals surface area (Å²) in [6.45, 7) is 4.93. The first-order chi connectivity index (χ1) is 12.0. The molecular weight excluding hydrogens is 321 g/mol. The Bertz CT molecular complexity index is 702. The summed E-state index contributed by atoms with van der Waals surface area (Å²) >= 11 is 0. The van der Waals surface area contributed by atoms with E-state index >= 15 is 0 Å². The number of methoxy groups -OCH3 is 1. The van der Waals surface area contributed by atoms with Crippen molar-refractivity contribution >= 4 is 0 Å². The van der Waals surface area contributed by atoms with Crippen LogP contribution in [0.25, 0.3) is 11.3 Å². The van der Waals surface area contributed by atoms with Gasteiger partial charge in [-0.1, -0.05) is 19.1 Å². The molecule has 0 unspecified atom stereocenters. The zero-order chi connectivity index (χ0) is 17.9. The molecule has 2 aromatic rings. The van der Waals surface area contributed by atoms with Crippen LogP contribution in [0.15, 0.2) is 40.8 Å². The first-order valence-corrected chi connectivity index (χ1v) is 8.79. The molecule has 1 aromatic heterocycles. The minimum absolute atomic E-state index is 0.164. The molecule has 0 radical (unpaired) electrons. The predicted octanol–water partition coefficient (Wildman–Crippen LogP) is 3.70. The SMILES string of the molecule is COCC[C@]1(O)CCN(Cc2ccc(-c3ccccc3F)o2)C[C@H]1C. The molecule has 25 heavy (non-hydrogen) atoms. The van der Waals surface area contributed by atoms with Crippen LogP contribution < -0.4 is 0 Å². The first-order valence-electron chi connectivity index (χ1n) is 8.79. The molecule has 1 fully saturated rings. The number of furan rings is 1. The van der Waals surface area contributed by atoms with Gasteiger partial charge in [0, 0.05) is 26.8 Å². The monoisotopic (exact) mass is 347 g/mol. The normalized spacial score (nSPS) is 24.6. The van der Waals surface area contributed by atoms with E-state index in [1.54, 1.807) is 25.3 Å². The summed E-state index contributed by atoms with van der Waals surface area (Å²) < 4.78 is 24.8. The maximum Gasteiger partial charge on any atom is 0.137 e. The molecule has 1 saturated heterocycles. The van der Waals surface area contributed by atoms with Gasteiger partial charge in [0.2, 0.25) is 0 Å². The average Bonchev–Trinajstić information content (AvgIpc) is 3.05. The largest absolute Gasteiger partial charge is 0.460 e. The molecule has 0 saturated carbocycles. The number of nitrogens with zero attached hydrogens (tertiary/aromatic N) is 1. The summed E-state index contributed by atoms with van der Waals surface area (Å²) in [5.41, 5.74) is -0.178. The molecule has 1 aromatic carbocycles. The lowest BCUT2D eigenvalue weighted by atomic mass is 9.80. The molecule has 136 valence electrons. The van der Waals surface area contributed by atoms with Gasteiger partial charge in [0.1, 0.15) is 17.3 Å². The summed E-state index contributed by atoms with van der Waals surface area (Å²) in [6.07, 6.45) is 1.38. The fourth-order valence-corrected chi connectivity index (χ4v) is 3.53. The maximum atomic E-state index is 13.9. The van der Waals surface area contributed by atoms with E-state index in [0.717, 1.165) is 25.3 Å². The summed E-state index contributed by atoms with van der Waals surface area (Å²) in [5, 5.41) is 10.8. The lowest BCUT2D eigenvalue weighted by Crippen LogP contribution is -2.50. The fourth-order valence-electron chi connectivity index (χ4n) is 3.53. The number of piperidine rings is 1. The molecule has 0 spiro atoms. The summed E-state index contributed by atoms with van der Waals surface area (Å²) in [6, 6.07) is 10.3. The second-order valence-corrected chi connectivity index (χ2v) is 6.98. The highest BCUT2D eigenvalue weighted by Crippen LogP contribution is 2.32. The van der Waals surface area contributed by atoms with Crippen LogP contribution in [0.5, 0.6) is 0 Å². The summed E-state index contributed by atoms with van der Waals surface area (Å²) in [5.74, 6) is 1.25. The second-order valence-electron chi connectivity index (χ2n) is 6.98. The Morgan fingerprint density at radius 2 is 2.12 bits per heavy atom. The average molecular weight is 347 g/mol. The molecule has 2 atom stereocenters. The highest BCUT2D eigenvalue weighted by Gasteiger charge is 2.38. The zero-order valence-electron chi connectivity index (χ0n) is 14.9. The Labute approximate surface area is 148 Å². The van der Waals surface area contributed by atoms with Crippen molar-refractivity contribution < 1.29 is 18.7 Å². The maximum absolute atomic E-state index is 13.9. The van der Waals surface area contributed by atoms with E-state index in [9.17, 15) is 9.50 Å². The van der Waals surface area contributed by atoms with Gasteiger partial charge in [0.25, 0.3) is 0 Å². The van der Waals surface area contributed by atoms with Crippen LogP contribution in [0, 0.1) is 11.7 Å². The number of hydrogen-bond acceptors (Lipinski definition) is 4. The van der Waals surface area contributed by atoms with E-state index < -0.39 is 5.60 Å². The molecule has 0 bridgehead atoms. The molecule has 3 rings (SSSR count). The van der Waals surface area contributed by atoms with Crippen molar-refractivity contribution in [2.75, 3.05) is 26.8 Å². The minimum atomic E-state index is -0.659. The van der Waals surface area contributed by atoms with Crippen molar-refractivity contribution in [3.05, 3.63) is 48.0 Å². The van der Waals surface area contributed by atoms with Crippen molar-refractivity contribution in [1.29, 1.82) is 0 Å². The Morgan fingerprint density at radius 3 is 2.84 bits per heavy atom. The summed E-state index contributed by atoms with van der Waals surface area (Å²) in [4.78, 5) is 2.27. The minimum Gasteiger partial charge on any atom is -0.460 e. The summed E-state index contributed by atoms with van der Waals surface area (Å²) in [7, 11) is 1.66. The van der Waals surface area contributed by atoms with Crippen molar-refractivity contribution in [2.45, 2.75) is 31.9 Å². The van der Waals surface area contributed by atoms with Crippen molar-refractivity contribution in [3.8, 4) is 11.3 Å². The third-order valence-electron chi connectivity index (χ3n) is 5.23. The molecule has 1 aliphatic rings. The van der Waals surface area contributed by atoms with Crippen molar-refractivity contribution in [2.24, 2.45) is 5.92 Å². The van der Waals surface area contributed by atoms with Gasteiger partial charge >= 0.3 is 0 Å². The highest BCUT2D eigenvalue weighted by atomic mass is 19.1. The third-order valence-corrected chi connectivity index (χ3v) is 5.23. The Kier molecular flexibility index (Phi) is 5.57. The molecule has 1 aliphatic heterocycles. The van der Waals surface area contributed by atoms with Crippen LogP contribution in [0.1, 0.15) is 25.5 Å². The standard InChI is InChI=1S/C20H26FNO3/c1-15-13-22(11-9-20(15,23)10-12-24-2)14-16-7-8-19(25-16)17-5-3-4-6-18(17)21/h3-8,15,23H,9-14H2,1-2H3/t15-,20-/m1/s1. The van der Waals surface area contributed by atoms with Gasteiger partial charge in [-0.15, -0.1) is 0 Å². The van der Waals surface area contributed by atoms with Crippen LogP contribution in [0.3, 0.4) is 0 Å². The van der Waals surface area contributed by atoms with E-state index in [0.29, 0.717) is 30.9 Å². The quantitative estimate of drug-likeness (QED) is 0.866. The lowest BCUT2D eigenvalue weighted by Gasteiger charge is -2.43. The van der Waals surface area contributed by atoms with Crippen LogP contribution in [-0.4, -0.2) is 42.4 Å². The van der Waals surface area contributed by atoms with Crippen LogP contribution >= 0.6 is 0 Å². The van der Waals surface area contributed by atoms with Gasteiger partial charge in [-0.3, -0.25) is 4.90 Å². The molecule has 0 aliphatic carbocycles. The number of rotatable bonds is 6. The number of benzene rings is 1. The highest BCUT2D eigenvalue weighted by molar-refractivity contribution is 5.58. The Balaban J connectivity index is 1.62. The fraction of sp³-hybridized carbons (Fsp3) is 0.500. The number of hydrogen-bond donors (Lipinski definition) is 1. The number of aliphatic hydroxyl groups is 1. The Hall–Kier alpha value is -1.69. The van der Waals surface area contributed by atoms with Crippen molar-refractivity contribution in [1.82, 2.24) is 4.90 Å². The van der Waals surface area contributed by atoms with Crippen LogP contribution in [-0.2, 0) is 11.3 Å². The second kappa shape index (κ2) is 7.68.